The highest BCUT2D eigenvalue weighted by Gasteiger charge is 2.19. The smallest absolute Gasteiger partial charge is 0.365 e. The van der Waals surface area contributed by atoms with Crippen LogP contribution in [-0.4, -0.2) is 24.2 Å². The number of benzene rings is 1. The highest BCUT2D eigenvalue weighted by molar-refractivity contribution is 5.74. The van der Waals surface area contributed by atoms with Gasteiger partial charge in [0, 0.05) is 6.42 Å². The summed E-state index contributed by atoms with van der Waals surface area (Å²) >= 11 is 0. The van der Waals surface area contributed by atoms with Crippen LogP contribution in [0.15, 0.2) is 36.9 Å². The second-order valence-electron chi connectivity index (χ2n) is 5.68. The highest BCUT2D eigenvalue weighted by Crippen LogP contribution is 2.18. The standard InChI is InChI=1S/C16H23NO3/c1-5-10-19-15(18)14(17)11-12-6-8-13(9-7-12)20-16(2,3)4/h5-9,14H,1,10-11,17H2,2-4H3/p+1/t14-/m1/s1. The second kappa shape index (κ2) is 7.10. The highest BCUT2D eigenvalue weighted by atomic mass is 16.5. The van der Waals surface area contributed by atoms with Crippen LogP contribution >= 0.6 is 0 Å². The van der Waals surface area contributed by atoms with Crippen LogP contribution in [0, 0.1) is 0 Å². The van der Waals surface area contributed by atoms with Gasteiger partial charge in [-0.2, -0.15) is 0 Å². The van der Waals surface area contributed by atoms with Gasteiger partial charge in [-0.3, -0.25) is 0 Å². The molecule has 4 nitrogen and oxygen atoms in total. The number of ether oxygens (including phenoxy) is 2. The van der Waals surface area contributed by atoms with E-state index in [1.165, 1.54) is 0 Å². The van der Waals surface area contributed by atoms with E-state index in [2.05, 4.69) is 12.3 Å². The molecule has 1 atom stereocenters. The Morgan fingerprint density at radius 1 is 1.35 bits per heavy atom. The maximum Gasteiger partial charge on any atom is 0.365 e. The van der Waals surface area contributed by atoms with E-state index < -0.39 is 6.04 Å². The Morgan fingerprint density at radius 2 is 1.95 bits per heavy atom. The van der Waals surface area contributed by atoms with Gasteiger partial charge in [-0.05, 0) is 38.5 Å². The summed E-state index contributed by atoms with van der Waals surface area (Å²) < 4.78 is 10.7. The molecule has 0 saturated carbocycles. The SMILES string of the molecule is C=CCOC(=O)[C@H]([NH3+])Cc1ccc(OC(C)(C)C)cc1. The first-order chi connectivity index (χ1) is 9.31. The Kier molecular flexibility index (Phi) is 5.77. The Bertz CT molecular complexity index is 446. The van der Waals surface area contributed by atoms with Gasteiger partial charge in [-0.1, -0.05) is 24.8 Å². The molecule has 0 radical (unpaired) electrons. The van der Waals surface area contributed by atoms with Crippen LogP contribution in [0.5, 0.6) is 5.75 Å². The van der Waals surface area contributed by atoms with Gasteiger partial charge in [0.05, 0.1) is 0 Å². The van der Waals surface area contributed by atoms with Gasteiger partial charge >= 0.3 is 5.97 Å². The van der Waals surface area contributed by atoms with Crippen LogP contribution in [0.3, 0.4) is 0 Å². The van der Waals surface area contributed by atoms with Crippen molar-refractivity contribution in [3.63, 3.8) is 0 Å². The van der Waals surface area contributed by atoms with E-state index in [1.807, 2.05) is 45.0 Å². The molecule has 1 aromatic rings. The fraction of sp³-hybridized carbons (Fsp3) is 0.438. The molecule has 0 unspecified atom stereocenters. The van der Waals surface area contributed by atoms with E-state index in [1.54, 1.807) is 6.08 Å². The minimum Gasteiger partial charge on any atom is -0.488 e. The minimum atomic E-state index is -0.413. The number of quaternary nitrogens is 1. The van der Waals surface area contributed by atoms with Crippen LogP contribution < -0.4 is 10.5 Å². The quantitative estimate of drug-likeness (QED) is 0.637. The maximum atomic E-state index is 11.6. The summed E-state index contributed by atoms with van der Waals surface area (Å²) in [5.74, 6) is 0.510. The third kappa shape index (κ3) is 5.89. The Morgan fingerprint density at radius 3 is 2.45 bits per heavy atom. The van der Waals surface area contributed by atoms with E-state index in [9.17, 15) is 4.79 Å². The van der Waals surface area contributed by atoms with E-state index in [0.29, 0.717) is 6.42 Å². The summed E-state index contributed by atoms with van der Waals surface area (Å²) in [5.41, 5.74) is 4.64. The number of rotatable bonds is 6. The molecule has 110 valence electrons. The topological polar surface area (TPSA) is 63.2 Å². The van der Waals surface area contributed by atoms with Gasteiger partial charge < -0.3 is 15.2 Å². The van der Waals surface area contributed by atoms with E-state index in [-0.39, 0.29) is 18.2 Å². The zero-order valence-electron chi connectivity index (χ0n) is 12.5. The van der Waals surface area contributed by atoms with Gasteiger partial charge in [-0.15, -0.1) is 0 Å². The molecule has 0 amide bonds. The first-order valence-electron chi connectivity index (χ1n) is 6.70. The summed E-state index contributed by atoms with van der Waals surface area (Å²) in [5, 5.41) is 0. The average Bonchev–Trinajstić information content (AvgIpc) is 2.36. The number of esters is 1. The van der Waals surface area contributed by atoms with E-state index in [4.69, 9.17) is 9.47 Å². The van der Waals surface area contributed by atoms with Gasteiger partial charge in [0.25, 0.3) is 0 Å². The number of carbonyl (C=O) groups excluding carboxylic acids is 1. The largest absolute Gasteiger partial charge is 0.488 e. The molecule has 0 aliphatic carbocycles. The van der Waals surface area contributed by atoms with Crippen molar-refractivity contribution in [2.75, 3.05) is 6.61 Å². The van der Waals surface area contributed by atoms with Crippen molar-refractivity contribution in [3.05, 3.63) is 42.5 Å². The molecule has 0 heterocycles. The van der Waals surface area contributed by atoms with E-state index >= 15 is 0 Å². The molecule has 20 heavy (non-hydrogen) atoms. The molecule has 1 aromatic carbocycles. The lowest BCUT2D eigenvalue weighted by Crippen LogP contribution is -2.66. The van der Waals surface area contributed by atoms with Crippen LogP contribution in [-0.2, 0) is 16.0 Å². The van der Waals surface area contributed by atoms with Crippen LogP contribution in [0.2, 0.25) is 0 Å². The van der Waals surface area contributed by atoms with Crippen molar-refractivity contribution >= 4 is 5.97 Å². The summed E-state index contributed by atoms with van der Waals surface area (Å²) in [4.78, 5) is 11.6. The van der Waals surface area contributed by atoms with Gasteiger partial charge in [0.2, 0.25) is 0 Å². The molecule has 1 rings (SSSR count). The van der Waals surface area contributed by atoms with E-state index in [0.717, 1.165) is 11.3 Å². The van der Waals surface area contributed by atoms with Crippen molar-refractivity contribution in [1.82, 2.24) is 0 Å². The van der Waals surface area contributed by atoms with Crippen molar-refractivity contribution in [3.8, 4) is 5.75 Å². The fourth-order valence-electron chi connectivity index (χ4n) is 1.67. The molecule has 0 spiro atoms. The molecule has 4 heteroatoms. The van der Waals surface area contributed by atoms with Crippen molar-refractivity contribution < 1.29 is 20.0 Å². The summed E-state index contributed by atoms with van der Waals surface area (Å²) in [7, 11) is 0. The molecule has 0 bridgehead atoms. The normalized spacial score (nSPS) is 12.6. The molecular weight excluding hydrogens is 254 g/mol. The lowest BCUT2D eigenvalue weighted by molar-refractivity contribution is -0.407. The Labute approximate surface area is 120 Å². The molecular formula is C16H24NO3+. The van der Waals surface area contributed by atoms with Crippen molar-refractivity contribution in [2.24, 2.45) is 0 Å². The van der Waals surface area contributed by atoms with Gasteiger partial charge in [-0.25, -0.2) is 4.79 Å². The lowest BCUT2D eigenvalue weighted by Gasteiger charge is -2.21. The van der Waals surface area contributed by atoms with Gasteiger partial charge in [0.1, 0.15) is 18.0 Å². The zero-order valence-corrected chi connectivity index (χ0v) is 12.5. The minimum absolute atomic E-state index is 0.217. The number of hydrogen-bond donors (Lipinski definition) is 1. The first kappa shape index (κ1) is 16.2. The monoisotopic (exact) mass is 278 g/mol. The van der Waals surface area contributed by atoms with Crippen molar-refractivity contribution in [2.45, 2.75) is 38.8 Å². The van der Waals surface area contributed by atoms with Crippen LogP contribution in [0.1, 0.15) is 26.3 Å². The predicted octanol–water partition coefficient (Wildman–Crippen LogP) is 1.75. The lowest BCUT2D eigenvalue weighted by atomic mass is 10.1. The average molecular weight is 278 g/mol. The zero-order chi connectivity index (χ0) is 15.2. The molecule has 0 aliphatic heterocycles. The van der Waals surface area contributed by atoms with Crippen molar-refractivity contribution in [1.29, 1.82) is 0 Å². The molecule has 0 fully saturated rings. The van der Waals surface area contributed by atoms with Crippen LogP contribution in [0.25, 0.3) is 0 Å². The number of carbonyl (C=O) groups is 1. The fourth-order valence-corrected chi connectivity index (χ4v) is 1.67. The first-order valence-corrected chi connectivity index (χ1v) is 6.70. The summed E-state index contributed by atoms with van der Waals surface area (Å²) in [6.45, 7) is 9.74. The molecule has 0 aliphatic rings. The van der Waals surface area contributed by atoms with Crippen LogP contribution in [0.4, 0.5) is 0 Å². The molecule has 0 saturated heterocycles. The molecule has 3 N–H and O–H groups in total. The summed E-state index contributed by atoms with van der Waals surface area (Å²) in [6.07, 6.45) is 2.09. The van der Waals surface area contributed by atoms with Gasteiger partial charge in [0.15, 0.2) is 6.04 Å². The predicted molar refractivity (Wildman–Crippen MR) is 78.4 cm³/mol. The Hall–Kier alpha value is -1.81. The third-order valence-electron chi connectivity index (χ3n) is 2.51. The number of hydrogen-bond acceptors (Lipinski definition) is 3. The Balaban J connectivity index is 2.56. The maximum absolute atomic E-state index is 11.6. The third-order valence-corrected chi connectivity index (χ3v) is 2.51. The molecule has 0 aromatic heterocycles. The second-order valence-corrected chi connectivity index (χ2v) is 5.68. The summed E-state index contributed by atoms with van der Waals surface area (Å²) in [6, 6.07) is 7.29.